The van der Waals surface area contributed by atoms with E-state index < -0.39 is 4.92 Å². The van der Waals surface area contributed by atoms with Crippen LogP contribution in [0.3, 0.4) is 0 Å². The molecule has 1 N–H and O–H groups in total. The standard InChI is InChI=1S/C11H10N2O2S/c14-13(15)11-3-1-9(2-4-11)7-12-10-5-6-16-8-10/h1-6,8,12H,7H2. The molecule has 0 aliphatic carbocycles. The zero-order chi connectivity index (χ0) is 11.4. The first-order chi connectivity index (χ1) is 7.75. The number of nitro benzene ring substituents is 1. The molecule has 0 unspecified atom stereocenters. The second kappa shape index (κ2) is 4.76. The van der Waals surface area contributed by atoms with Crippen LogP contribution in [0.4, 0.5) is 11.4 Å². The fourth-order valence-corrected chi connectivity index (χ4v) is 1.92. The van der Waals surface area contributed by atoms with E-state index in [1.807, 2.05) is 16.8 Å². The summed E-state index contributed by atoms with van der Waals surface area (Å²) in [4.78, 5) is 10.1. The Morgan fingerprint density at radius 2 is 2.00 bits per heavy atom. The SMILES string of the molecule is O=[N+]([O-])c1ccc(CNc2ccsc2)cc1. The number of hydrogen-bond donors (Lipinski definition) is 1. The van der Waals surface area contributed by atoms with Gasteiger partial charge in [-0.1, -0.05) is 12.1 Å². The molecule has 0 fully saturated rings. The third-order valence-electron chi connectivity index (χ3n) is 2.16. The molecule has 1 aromatic heterocycles. The van der Waals surface area contributed by atoms with Gasteiger partial charge in [0.15, 0.2) is 0 Å². The first kappa shape index (κ1) is 10.6. The fraction of sp³-hybridized carbons (Fsp3) is 0.0909. The van der Waals surface area contributed by atoms with Crippen LogP contribution in [-0.2, 0) is 6.54 Å². The molecule has 1 heterocycles. The van der Waals surface area contributed by atoms with Crippen molar-refractivity contribution < 1.29 is 4.92 Å². The molecule has 0 spiro atoms. The van der Waals surface area contributed by atoms with Gasteiger partial charge in [0.2, 0.25) is 0 Å². The van der Waals surface area contributed by atoms with Crippen molar-refractivity contribution >= 4 is 22.7 Å². The number of benzene rings is 1. The molecule has 2 aromatic rings. The van der Waals surface area contributed by atoms with Gasteiger partial charge in [-0.15, -0.1) is 0 Å². The first-order valence-corrected chi connectivity index (χ1v) is 5.69. The zero-order valence-electron chi connectivity index (χ0n) is 8.42. The van der Waals surface area contributed by atoms with Gasteiger partial charge in [0.05, 0.1) is 4.92 Å². The van der Waals surface area contributed by atoms with Crippen LogP contribution in [0.25, 0.3) is 0 Å². The number of rotatable bonds is 4. The highest BCUT2D eigenvalue weighted by atomic mass is 32.1. The van der Waals surface area contributed by atoms with Gasteiger partial charge in [0, 0.05) is 29.7 Å². The Bertz CT molecular complexity index is 465. The van der Waals surface area contributed by atoms with Crippen LogP contribution in [-0.4, -0.2) is 4.92 Å². The molecule has 0 atom stereocenters. The Kier molecular flexibility index (Phi) is 3.16. The molecule has 82 valence electrons. The van der Waals surface area contributed by atoms with Crippen LogP contribution in [0.1, 0.15) is 5.56 Å². The minimum atomic E-state index is -0.393. The monoisotopic (exact) mass is 234 g/mol. The summed E-state index contributed by atoms with van der Waals surface area (Å²) in [5.74, 6) is 0. The molecular weight excluding hydrogens is 224 g/mol. The summed E-state index contributed by atoms with van der Waals surface area (Å²) in [6.45, 7) is 0.675. The molecule has 0 aliphatic rings. The largest absolute Gasteiger partial charge is 0.380 e. The Labute approximate surface area is 96.7 Å². The summed E-state index contributed by atoms with van der Waals surface area (Å²) in [7, 11) is 0. The van der Waals surface area contributed by atoms with Crippen LogP contribution in [0.2, 0.25) is 0 Å². The van der Waals surface area contributed by atoms with E-state index in [-0.39, 0.29) is 5.69 Å². The van der Waals surface area contributed by atoms with Crippen molar-refractivity contribution in [2.24, 2.45) is 0 Å². The van der Waals surface area contributed by atoms with Crippen molar-refractivity contribution in [1.29, 1.82) is 0 Å². The van der Waals surface area contributed by atoms with E-state index in [1.54, 1.807) is 23.5 Å². The Morgan fingerprint density at radius 1 is 1.25 bits per heavy atom. The molecule has 2 rings (SSSR count). The van der Waals surface area contributed by atoms with E-state index in [4.69, 9.17) is 0 Å². The van der Waals surface area contributed by atoms with Gasteiger partial charge in [-0.05, 0) is 17.0 Å². The topological polar surface area (TPSA) is 55.2 Å². The minimum absolute atomic E-state index is 0.124. The van der Waals surface area contributed by atoms with Crippen molar-refractivity contribution in [2.45, 2.75) is 6.54 Å². The molecule has 0 amide bonds. The van der Waals surface area contributed by atoms with Gasteiger partial charge in [-0.3, -0.25) is 10.1 Å². The summed E-state index contributed by atoms with van der Waals surface area (Å²) < 4.78 is 0. The van der Waals surface area contributed by atoms with Gasteiger partial charge in [-0.25, -0.2) is 0 Å². The van der Waals surface area contributed by atoms with E-state index in [1.165, 1.54) is 12.1 Å². The average molecular weight is 234 g/mol. The van der Waals surface area contributed by atoms with E-state index in [0.717, 1.165) is 11.3 Å². The summed E-state index contributed by atoms with van der Waals surface area (Å²) in [5.41, 5.74) is 2.22. The number of nitro groups is 1. The number of hydrogen-bond acceptors (Lipinski definition) is 4. The Hall–Kier alpha value is -1.88. The smallest absolute Gasteiger partial charge is 0.269 e. The summed E-state index contributed by atoms with van der Waals surface area (Å²) in [6, 6.07) is 8.56. The third-order valence-corrected chi connectivity index (χ3v) is 2.85. The molecular formula is C11H10N2O2S. The van der Waals surface area contributed by atoms with E-state index in [9.17, 15) is 10.1 Å². The number of nitrogens with zero attached hydrogens (tertiary/aromatic N) is 1. The number of nitrogens with one attached hydrogen (secondary N) is 1. The van der Waals surface area contributed by atoms with Crippen molar-refractivity contribution in [3.05, 3.63) is 56.8 Å². The zero-order valence-corrected chi connectivity index (χ0v) is 9.24. The number of thiophene rings is 1. The van der Waals surface area contributed by atoms with E-state index in [2.05, 4.69) is 5.32 Å². The normalized spacial score (nSPS) is 10.0. The maximum atomic E-state index is 10.4. The predicted molar refractivity (Wildman–Crippen MR) is 64.7 cm³/mol. The molecule has 0 aliphatic heterocycles. The maximum absolute atomic E-state index is 10.4. The number of non-ortho nitro benzene ring substituents is 1. The molecule has 5 heteroatoms. The average Bonchev–Trinajstić information content (AvgIpc) is 2.80. The lowest BCUT2D eigenvalue weighted by Gasteiger charge is -2.03. The lowest BCUT2D eigenvalue weighted by atomic mass is 10.2. The maximum Gasteiger partial charge on any atom is 0.269 e. The predicted octanol–water partition coefficient (Wildman–Crippen LogP) is 3.27. The molecule has 16 heavy (non-hydrogen) atoms. The highest BCUT2D eigenvalue weighted by Crippen LogP contribution is 2.15. The quantitative estimate of drug-likeness (QED) is 0.652. The van der Waals surface area contributed by atoms with Gasteiger partial charge >= 0.3 is 0 Å². The van der Waals surface area contributed by atoms with Crippen LogP contribution < -0.4 is 5.32 Å². The van der Waals surface area contributed by atoms with E-state index >= 15 is 0 Å². The van der Waals surface area contributed by atoms with Crippen LogP contribution >= 0.6 is 11.3 Å². The molecule has 0 bridgehead atoms. The summed E-state index contributed by atoms with van der Waals surface area (Å²) in [6.07, 6.45) is 0. The minimum Gasteiger partial charge on any atom is -0.380 e. The molecule has 4 nitrogen and oxygen atoms in total. The summed E-state index contributed by atoms with van der Waals surface area (Å²) >= 11 is 1.63. The van der Waals surface area contributed by atoms with Gasteiger partial charge in [0.1, 0.15) is 0 Å². The van der Waals surface area contributed by atoms with Crippen molar-refractivity contribution in [1.82, 2.24) is 0 Å². The van der Waals surface area contributed by atoms with Crippen molar-refractivity contribution in [3.8, 4) is 0 Å². The highest BCUT2D eigenvalue weighted by molar-refractivity contribution is 7.08. The molecule has 0 saturated carbocycles. The molecule has 0 radical (unpaired) electrons. The van der Waals surface area contributed by atoms with Crippen molar-refractivity contribution in [3.63, 3.8) is 0 Å². The second-order valence-corrected chi connectivity index (χ2v) is 4.07. The fourth-order valence-electron chi connectivity index (χ4n) is 1.30. The molecule has 1 aromatic carbocycles. The lowest BCUT2D eigenvalue weighted by Crippen LogP contribution is -1.98. The Morgan fingerprint density at radius 3 is 2.56 bits per heavy atom. The summed E-state index contributed by atoms with van der Waals surface area (Å²) in [5, 5.41) is 17.7. The first-order valence-electron chi connectivity index (χ1n) is 4.75. The highest BCUT2D eigenvalue weighted by Gasteiger charge is 2.03. The van der Waals surface area contributed by atoms with Gasteiger partial charge < -0.3 is 5.32 Å². The van der Waals surface area contributed by atoms with Crippen LogP contribution in [0, 0.1) is 10.1 Å². The Balaban J connectivity index is 1.98. The number of anilines is 1. The van der Waals surface area contributed by atoms with Crippen molar-refractivity contribution in [2.75, 3.05) is 5.32 Å². The lowest BCUT2D eigenvalue weighted by molar-refractivity contribution is -0.384. The molecule has 0 saturated heterocycles. The van der Waals surface area contributed by atoms with Gasteiger partial charge in [0.25, 0.3) is 5.69 Å². The van der Waals surface area contributed by atoms with Gasteiger partial charge in [-0.2, -0.15) is 11.3 Å². The third kappa shape index (κ3) is 2.58. The van der Waals surface area contributed by atoms with E-state index in [0.29, 0.717) is 6.54 Å². The second-order valence-electron chi connectivity index (χ2n) is 3.29. The van der Waals surface area contributed by atoms with Crippen LogP contribution in [0.5, 0.6) is 0 Å². The van der Waals surface area contributed by atoms with Crippen LogP contribution in [0.15, 0.2) is 41.1 Å².